The van der Waals surface area contributed by atoms with E-state index in [9.17, 15) is 8.78 Å². The maximum Gasteiger partial charge on any atom is 0.261 e. The van der Waals surface area contributed by atoms with Crippen LogP contribution in [0.15, 0.2) is 18.2 Å². The summed E-state index contributed by atoms with van der Waals surface area (Å²) in [5, 5.41) is 0.697. The van der Waals surface area contributed by atoms with Crippen LogP contribution in [0, 0.1) is 0 Å². The second kappa shape index (κ2) is 4.33. The Morgan fingerprint density at radius 2 is 1.64 bits per heavy atom. The van der Waals surface area contributed by atoms with E-state index in [4.69, 9.17) is 23.2 Å². The normalized spacial score (nSPS) is 14.1. The zero-order valence-electron chi connectivity index (χ0n) is 7.20. The lowest BCUT2D eigenvalue weighted by atomic mass is 10.1. The predicted octanol–water partition coefficient (Wildman–Crippen LogP) is 5.08. The second-order valence-corrected chi connectivity index (χ2v) is 4.81. The first kappa shape index (κ1) is 12.2. The van der Waals surface area contributed by atoms with E-state index in [1.54, 1.807) is 0 Å². The molecule has 0 bridgehead atoms. The van der Waals surface area contributed by atoms with Crippen LogP contribution in [0.4, 0.5) is 8.78 Å². The molecule has 0 nitrogen and oxygen atoms in total. The summed E-state index contributed by atoms with van der Waals surface area (Å²) in [6.07, 6.45) is 0. The van der Waals surface area contributed by atoms with E-state index in [0.717, 1.165) is 6.92 Å². The van der Waals surface area contributed by atoms with Gasteiger partial charge in [-0.25, -0.2) is 8.78 Å². The fourth-order valence-corrected chi connectivity index (χ4v) is 1.82. The van der Waals surface area contributed by atoms with Crippen molar-refractivity contribution in [3.8, 4) is 0 Å². The largest absolute Gasteiger partial charge is 0.261 e. The lowest BCUT2D eigenvalue weighted by Crippen LogP contribution is -2.16. The van der Waals surface area contributed by atoms with Crippen molar-refractivity contribution in [1.29, 1.82) is 0 Å². The van der Waals surface area contributed by atoms with Gasteiger partial charge in [-0.05, 0) is 23.8 Å². The maximum atomic E-state index is 12.9. The van der Waals surface area contributed by atoms with Gasteiger partial charge in [-0.2, -0.15) is 0 Å². The first-order valence-corrected chi connectivity index (χ1v) is 5.46. The summed E-state index contributed by atoms with van der Waals surface area (Å²) in [6, 6.07) is 4.43. The molecule has 0 saturated carbocycles. The maximum absolute atomic E-state index is 12.9. The number of benzene rings is 1. The molecule has 0 saturated heterocycles. The zero-order valence-corrected chi connectivity index (χ0v) is 10.3. The molecular formula is C9H7BrCl2F2. The van der Waals surface area contributed by atoms with Gasteiger partial charge in [0.25, 0.3) is 5.92 Å². The number of rotatable bonds is 2. The van der Waals surface area contributed by atoms with Crippen LogP contribution in [0.5, 0.6) is 0 Å². The zero-order chi connectivity index (χ0) is 10.9. The molecule has 0 N–H and O–H groups in total. The summed E-state index contributed by atoms with van der Waals surface area (Å²) in [7, 11) is 0. The van der Waals surface area contributed by atoms with Crippen LogP contribution in [-0.2, 0) is 0 Å². The monoisotopic (exact) mass is 302 g/mol. The molecule has 1 aromatic rings. The third-order valence-corrected chi connectivity index (χ3v) is 3.39. The average molecular weight is 304 g/mol. The minimum Gasteiger partial charge on any atom is -0.206 e. The Labute approximate surface area is 99.3 Å². The Bertz CT molecular complexity index is 316. The first-order valence-electron chi connectivity index (χ1n) is 3.78. The summed E-state index contributed by atoms with van der Waals surface area (Å²) in [5.74, 6) is -2.85. The fraction of sp³-hybridized carbons (Fsp3) is 0.333. The molecule has 14 heavy (non-hydrogen) atoms. The smallest absolute Gasteiger partial charge is 0.206 e. The van der Waals surface area contributed by atoms with Crippen molar-refractivity contribution in [2.75, 3.05) is 0 Å². The number of halogens is 5. The number of hydrogen-bond donors (Lipinski definition) is 0. The topological polar surface area (TPSA) is 0 Å². The van der Waals surface area contributed by atoms with Crippen molar-refractivity contribution in [2.45, 2.75) is 17.7 Å². The molecule has 0 spiro atoms. The van der Waals surface area contributed by atoms with Crippen molar-refractivity contribution in [3.63, 3.8) is 0 Å². The van der Waals surface area contributed by atoms with Crippen LogP contribution >= 0.6 is 39.1 Å². The molecule has 78 valence electrons. The third kappa shape index (κ3) is 3.07. The van der Waals surface area contributed by atoms with Gasteiger partial charge in [0, 0.05) is 17.0 Å². The molecule has 0 aliphatic rings. The molecule has 0 amide bonds. The van der Waals surface area contributed by atoms with Gasteiger partial charge in [-0.15, -0.1) is 0 Å². The fourth-order valence-electron chi connectivity index (χ4n) is 1.01. The molecule has 0 fully saturated rings. The molecule has 1 rings (SSSR count). The Morgan fingerprint density at radius 1 is 1.21 bits per heavy atom. The van der Waals surface area contributed by atoms with Crippen LogP contribution in [0.25, 0.3) is 0 Å². The molecule has 0 aliphatic carbocycles. The molecule has 1 aromatic carbocycles. The Hall–Kier alpha value is 0.140. The van der Waals surface area contributed by atoms with Crippen LogP contribution in [0.1, 0.15) is 17.3 Å². The minimum absolute atomic E-state index is 0.348. The van der Waals surface area contributed by atoms with E-state index in [-0.39, 0.29) is 0 Å². The van der Waals surface area contributed by atoms with Crippen LogP contribution in [-0.4, -0.2) is 5.92 Å². The highest BCUT2D eigenvalue weighted by Crippen LogP contribution is 2.39. The van der Waals surface area contributed by atoms with Gasteiger partial charge >= 0.3 is 0 Å². The van der Waals surface area contributed by atoms with Crippen molar-refractivity contribution in [3.05, 3.63) is 33.8 Å². The summed E-state index contributed by atoms with van der Waals surface area (Å²) < 4.78 is 25.9. The molecule has 0 aromatic heterocycles. The summed E-state index contributed by atoms with van der Waals surface area (Å²) in [4.78, 5) is -1.08. The standard InChI is InChI=1S/C9H7BrCl2F2/c1-9(13,14)8(10)5-2-6(11)4-7(12)3-5/h2-4,8H,1H3. The lowest BCUT2D eigenvalue weighted by molar-refractivity contribution is 0.0213. The van der Waals surface area contributed by atoms with Crippen molar-refractivity contribution >= 4 is 39.1 Å². The third-order valence-electron chi connectivity index (χ3n) is 1.62. The molecule has 5 heteroatoms. The highest BCUT2D eigenvalue weighted by Gasteiger charge is 2.33. The molecule has 0 radical (unpaired) electrons. The van der Waals surface area contributed by atoms with Gasteiger partial charge in [0.2, 0.25) is 0 Å². The Kier molecular flexibility index (Phi) is 3.78. The van der Waals surface area contributed by atoms with E-state index in [1.165, 1.54) is 18.2 Å². The van der Waals surface area contributed by atoms with E-state index < -0.39 is 10.7 Å². The highest BCUT2D eigenvalue weighted by molar-refractivity contribution is 9.09. The van der Waals surface area contributed by atoms with E-state index in [0.29, 0.717) is 15.6 Å². The van der Waals surface area contributed by atoms with Gasteiger partial charge in [-0.1, -0.05) is 39.1 Å². The van der Waals surface area contributed by atoms with Gasteiger partial charge in [0.1, 0.15) is 4.83 Å². The van der Waals surface area contributed by atoms with Gasteiger partial charge in [0.05, 0.1) is 0 Å². The van der Waals surface area contributed by atoms with Crippen LogP contribution in [0.2, 0.25) is 10.0 Å². The van der Waals surface area contributed by atoms with E-state index in [2.05, 4.69) is 15.9 Å². The lowest BCUT2D eigenvalue weighted by Gasteiger charge is -2.18. The van der Waals surface area contributed by atoms with Crippen molar-refractivity contribution < 1.29 is 8.78 Å². The minimum atomic E-state index is -2.85. The molecule has 1 atom stereocenters. The average Bonchev–Trinajstić information content (AvgIpc) is 1.99. The Morgan fingerprint density at radius 3 is 2.00 bits per heavy atom. The predicted molar refractivity (Wildman–Crippen MR) is 58.8 cm³/mol. The molecular weight excluding hydrogens is 297 g/mol. The number of hydrogen-bond acceptors (Lipinski definition) is 0. The van der Waals surface area contributed by atoms with Crippen molar-refractivity contribution in [2.24, 2.45) is 0 Å². The summed E-state index contributed by atoms with van der Waals surface area (Å²) in [6.45, 7) is 0.835. The molecule has 1 unspecified atom stereocenters. The molecule has 0 heterocycles. The van der Waals surface area contributed by atoms with Gasteiger partial charge < -0.3 is 0 Å². The molecule has 0 aliphatic heterocycles. The second-order valence-electron chi connectivity index (χ2n) is 3.02. The van der Waals surface area contributed by atoms with Gasteiger partial charge in [0.15, 0.2) is 0 Å². The van der Waals surface area contributed by atoms with Crippen molar-refractivity contribution in [1.82, 2.24) is 0 Å². The SMILES string of the molecule is CC(F)(F)C(Br)c1cc(Cl)cc(Cl)c1. The highest BCUT2D eigenvalue weighted by atomic mass is 79.9. The Balaban J connectivity index is 3.07. The quantitative estimate of drug-likeness (QED) is 0.668. The van der Waals surface area contributed by atoms with Crippen LogP contribution in [0.3, 0.4) is 0 Å². The van der Waals surface area contributed by atoms with E-state index >= 15 is 0 Å². The first-order chi connectivity index (χ1) is 6.30. The van der Waals surface area contributed by atoms with Crippen LogP contribution < -0.4 is 0 Å². The van der Waals surface area contributed by atoms with E-state index in [1.807, 2.05) is 0 Å². The summed E-state index contributed by atoms with van der Waals surface area (Å²) in [5.41, 5.74) is 0.370. The summed E-state index contributed by atoms with van der Waals surface area (Å²) >= 11 is 14.3. The number of alkyl halides is 3. The van der Waals surface area contributed by atoms with Gasteiger partial charge in [-0.3, -0.25) is 0 Å².